The van der Waals surface area contributed by atoms with Crippen LogP contribution >= 0.6 is 0 Å². The van der Waals surface area contributed by atoms with Crippen LogP contribution in [0.4, 0.5) is 0 Å². The first-order chi connectivity index (χ1) is 13.0. The maximum atomic E-state index is 12.8. The molecule has 3 heterocycles. The third-order valence-electron chi connectivity index (χ3n) is 4.97. The summed E-state index contributed by atoms with van der Waals surface area (Å²) in [6.07, 6.45) is 3.27. The molecule has 0 atom stereocenters. The van der Waals surface area contributed by atoms with Crippen molar-refractivity contribution < 1.29 is 17.9 Å². The van der Waals surface area contributed by atoms with Crippen molar-refractivity contribution in [2.75, 3.05) is 26.7 Å². The summed E-state index contributed by atoms with van der Waals surface area (Å²) in [6.45, 7) is 1.85. The normalized spacial score (nSPS) is 18.7. The van der Waals surface area contributed by atoms with E-state index in [1.165, 1.54) is 11.4 Å². The fraction of sp³-hybridized carbons (Fsp3) is 0.471. The van der Waals surface area contributed by atoms with Crippen molar-refractivity contribution in [3.63, 3.8) is 0 Å². The Bertz CT molecular complexity index is 952. The third kappa shape index (κ3) is 3.30. The van der Waals surface area contributed by atoms with Gasteiger partial charge in [-0.2, -0.15) is 4.31 Å². The number of carbonyl (C=O) groups excluding carboxylic acids is 1. The summed E-state index contributed by atoms with van der Waals surface area (Å²) in [5.74, 6) is 0.474. The average molecular weight is 391 g/mol. The second-order valence-corrected chi connectivity index (χ2v) is 8.64. The zero-order valence-electron chi connectivity index (χ0n) is 15.0. The lowest BCUT2D eigenvalue weighted by Crippen LogP contribution is -2.50. The molecule has 0 saturated carbocycles. The average Bonchev–Trinajstić information content (AvgIpc) is 3.23. The number of methoxy groups -OCH3 is 1. The third-order valence-corrected chi connectivity index (χ3v) is 6.84. The minimum atomic E-state index is -3.61. The number of sulfonamides is 1. The quantitative estimate of drug-likeness (QED) is 0.717. The molecule has 1 amide bonds. The predicted molar refractivity (Wildman–Crippen MR) is 95.5 cm³/mol. The van der Waals surface area contributed by atoms with Gasteiger partial charge in [0.1, 0.15) is 16.3 Å². The Labute approximate surface area is 157 Å². The zero-order valence-corrected chi connectivity index (χ0v) is 15.8. The van der Waals surface area contributed by atoms with E-state index >= 15 is 0 Å². The highest BCUT2D eigenvalue weighted by molar-refractivity contribution is 7.89. The van der Waals surface area contributed by atoms with E-state index in [4.69, 9.17) is 4.74 Å². The molecule has 0 unspecified atom stereocenters. The van der Waals surface area contributed by atoms with E-state index in [9.17, 15) is 13.2 Å². The maximum absolute atomic E-state index is 12.8. The summed E-state index contributed by atoms with van der Waals surface area (Å²) >= 11 is 0. The van der Waals surface area contributed by atoms with Gasteiger partial charge < -0.3 is 9.64 Å². The van der Waals surface area contributed by atoms with Gasteiger partial charge in [0.15, 0.2) is 0 Å². The monoisotopic (exact) mass is 391 g/mol. The highest BCUT2D eigenvalue weighted by atomic mass is 32.2. The molecule has 4 rings (SSSR count). The van der Waals surface area contributed by atoms with Gasteiger partial charge >= 0.3 is 0 Å². The maximum Gasteiger partial charge on any atom is 0.246 e. The van der Waals surface area contributed by atoms with Gasteiger partial charge in [-0.15, -0.1) is 5.10 Å². The number of benzene rings is 1. The number of ether oxygens (including phenoxy) is 1. The predicted octanol–water partition coefficient (Wildman–Crippen LogP) is 0.655. The number of nitrogens with zero attached hydrogens (tertiary/aromatic N) is 5. The minimum Gasteiger partial charge on any atom is -0.495 e. The van der Waals surface area contributed by atoms with Crippen molar-refractivity contribution >= 4 is 15.9 Å². The molecule has 10 heteroatoms. The van der Waals surface area contributed by atoms with Gasteiger partial charge in [0.05, 0.1) is 25.9 Å². The molecule has 2 aliphatic rings. The second kappa shape index (κ2) is 6.93. The van der Waals surface area contributed by atoms with Crippen LogP contribution in [0.1, 0.15) is 24.6 Å². The molecule has 27 heavy (non-hydrogen) atoms. The van der Waals surface area contributed by atoms with Gasteiger partial charge in [-0.25, -0.2) is 13.1 Å². The van der Waals surface area contributed by atoms with Crippen molar-refractivity contribution in [1.82, 2.24) is 24.2 Å². The van der Waals surface area contributed by atoms with Gasteiger partial charge in [0.2, 0.25) is 15.9 Å². The fourth-order valence-electron chi connectivity index (χ4n) is 3.38. The molecule has 1 aromatic heterocycles. The van der Waals surface area contributed by atoms with Crippen LogP contribution < -0.4 is 4.74 Å². The summed E-state index contributed by atoms with van der Waals surface area (Å²) in [6, 6.07) is 6.52. The van der Waals surface area contributed by atoms with Gasteiger partial charge in [-0.05, 0) is 18.6 Å². The molecule has 0 spiro atoms. The topological polar surface area (TPSA) is 97.6 Å². The van der Waals surface area contributed by atoms with Crippen LogP contribution in [-0.2, 0) is 21.4 Å². The second-order valence-electron chi connectivity index (χ2n) is 6.74. The molecular formula is C17H21N5O4S. The smallest absolute Gasteiger partial charge is 0.246 e. The van der Waals surface area contributed by atoms with Crippen molar-refractivity contribution in [3.8, 4) is 5.75 Å². The lowest BCUT2D eigenvalue weighted by Gasteiger charge is -2.37. The van der Waals surface area contributed by atoms with Crippen LogP contribution in [0.25, 0.3) is 0 Å². The number of para-hydroxylation sites is 1. The first kappa shape index (κ1) is 17.9. The highest BCUT2D eigenvalue weighted by Gasteiger charge is 2.39. The Morgan fingerprint density at radius 1 is 1.26 bits per heavy atom. The van der Waals surface area contributed by atoms with Gasteiger partial charge in [0.25, 0.3) is 0 Å². The van der Waals surface area contributed by atoms with E-state index in [2.05, 4.69) is 10.3 Å². The number of rotatable bonds is 6. The number of hydrogen-bond acceptors (Lipinski definition) is 6. The molecule has 0 aliphatic carbocycles. The molecule has 144 valence electrons. The van der Waals surface area contributed by atoms with E-state index in [0.29, 0.717) is 31.8 Å². The van der Waals surface area contributed by atoms with Crippen molar-refractivity contribution in [2.45, 2.75) is 30.3 Å². The molecule has 0 bridgehead atoms. The molecule has 1 aromatic carbocycles. The van der Waals surface area contributed by atoms with Gasteiger partial charge in [-0.1, -0.05) is 17.3 Å². The van der Waals surface area contributed by atoms with Crippen LogP contribution in [0.5, 0.6) is 5.75 Å². The Morgan fingerprint density at radius 2 is 2.04 bits per heavy atom. The van der Waals surface area contributed by atoms with Crippen LogP contribution in [0.15, 0.2) is 35.4 Å². The molecule has 0 radical (unpaired) electrons. The molecule has 0 N–H and O–H groups in total. The lowest BCUT2D eigenvalue weighted by molar-refractivity contribution is -0.128. The van der Waals surface area contributed by atoms with E-state index in [-0.39, 0.29) is 16.8 Å². The Hall–Kier alpha value is -2.46. The summed E-state index contributed by atoms with van der Waals surface area (Å²) in [7, 11) is -2.16. The lowest BCUT2D eigenvalue weighted by atomic mass is 10.2. The van der Waals surface area contributed by atoms with Crippen molar-refractivity contribution in [2.24, 2.45) is 0 Å². The molecule has 2 saturated heterocycles. The number of likely N-dealkylation sites (tertiary alicyclic amines) is 1. The first-order valence-corrected chi connectivity index (χ1v) is 10.2. The first-order valence-electron chi connectivity index (χ1n) is 8.80. The summed E-state index contributed by atoms with van der Waals surface area (Å²) in [5, 5.41) is 8.23. The molecule has 2 aliphatic heterocycles. The number of aromatic nitrogens is 3. The summed E-state index contributed by atoms with van der Waals surface area (Å²) in [5.41, 5.74) is 0.719. The van der Waals surface area contributed by atoms with Crippen molar-refractivity contribution in [1.29, 1.82) is 0 Å². The molecule has 2 fully saturated rings. The van der Waals surface area contributed by atoms with E-state index < -0.39 is 10.0 Å². The SMILES string of the molecule is COc1ccccc1S(=O)(=O)N1CC(n2cc(CN3CCCC3=O)nn2)C1. The Balaban J connectivity index is 1.41. The number of hydrogen-bond donors (Lipinski definition) is 0. The molecular weight excluding hydrogens is 370 g/mol. The minimum absolute atomic E-state index is 0.0648. The van der Waals surface area contributed by atoms with Crippen LogP contribution in [0.2, 0.25) is 0 Å². The number of carbonyl (C=O) groups is 1. The molecule has 2 aromatic rings. The Morgan fingerprint density at radius 3 is 2.74 bits per heavy atom. The van der Waals surface area contributed by atoms with Crippen LogP contribution in [-0.4, -0.2) is 65.3 Å². The fourth-order valence-corrected chi connectivity index (χ4v) is 5.05. The largest absolute Gasteiger partial charge is 0.495 e. The van der Waals surface area contributed by atoms with Gasteiger partial charge in [0, 0.05) is 26.1 Å². The van der Waals surface area contributed by atoms with Crippen molar-refractivity contribution in [3.05, 3.63) is 36.2 Å². The zero-order chi connectivity index (χ0) is 19.0. The highest BCUT2D eigenvalue weighted by Crippen LogP contribution is 2.32. The van der Waals surface area contributed by atoms with E-state index in [1.54, 1.807) is 40.0 Å². The molecule has 9 nitrogen and oxygen atoms in total. The number of amides is 1. The summed E-state index contributed by atoms with van der Waals surface area (Å²) < 4.78 is 33.9. The van der Waals surface area contributed by atoms with Gasteiger partial charge in [-0.3, -0.25) is 4.79 Å². The van der Waals surface area contributed by atoms with E-state index in [1.807, 2.05) is 0 Å². The van der Waals surface area contributed by atoms with Crippen LogP contribution in [0.3, 0.4) is 0 Å². The van der Waals surface area contributed by atoms with E-state index in [0.717, 1.165) is 18.7 Å². The van der Waals surface area contributed by atoms with Crippen LogP contribution in [0, 0.1) is 0 Å². The Kier molecular flexibility index (Phi) is 4.60. The standard InChI is InChI=1S/C17H21N5O4S/c1-26-15-5-2-3-6-16(15)27(24,25)21-11-14(12-21)22-10-13(18-19-22)9-20-8-4-7-17(20)23/h2-3,5-6,10,14H,4,7-9,11-12H2,1H3. The summed E-state index contributed by atoms with van der Waals surface area (Å²) in [4.78, 5) is 13.7.